The van der Waals surface area contributed by atoms with E-state index in [9.17, 15) is 18.0 Å². The summed E-state index contributed by atoms with van der Waals surface area (Å²) in [5, 5.41) is 7.91. The van der Waals surface area contributed by atoms with Gasteiger partial charge in [0.2, 0.25) is 0 Å². The molecule has 0 heterocycles. The van der Waals surface area contributed by atoms with E-state index in [2.05, 4.69) is 12.6 Å². The van der Waals surface area contributed by atoms with Crippen LogP contribution in [0.4, 0.5) is 0 Å². The zero-order chi connectivity index (χ0) is 13.9. The van der Waals surface area contributed by atoms with Crippen LogP contribution in [0.5, 0.6) is 0 Å². The van der Waals surface area contributed by atoms with Gasteiger partial charge in [0.15, 0.2) is 0 Å². The average Bonchev–Trinajstić information content (AvgIpc) is 2.73. The number of carboxylic acid groups (broad SMARTS) is 1. The van der Waals surface area contributed by atoms with Gasteiger partial charge in [-0.1, -0.05) is 0 Å². The number of hydrogen-bond donors (Lipinski definition) is 3. The Bertz CT molecular complexity index is 430. The van der Waals surface area contributed by atoms with E-state index in [-0.39, 0.29) is 30.8 Å². The second kappa shape index (κ2) is 6.03. The molecule has 0 radical (unpaired) electrons. The van der Waals surface area contributed by atoms with Crippen LogP contribution in [0.25, 0.3) is 0 Å². The molecule has 0 amide bonds. The van der Waals surface area contributed by atoms with E-state index in [4.69, 9.17) is 9.66 Å². The van der Waals surface area contributed by atoms with Crippen molar-refractivity contribution in [2.24, 2.45) is 11.8 Å². The number of Topliss-reactive ketones (excluding diaryl/α,β-unsaturated/α-hetero) is 1. The summed E-state index contributed by atoms with van der Waals surface area (Å²) in [5.41, 5.74) is 0. The van der Waals surface area contributed by atoms with Crippen molar-refractivity contribution in [3.63, 3.8) is 0 Å². The highest BCUT2D eigenvalue weighted by molar-refractivity contribution is 7.86. The van der Waals surface area contributed by atoms with Gasteiger partial charge in [-0.25, -0.2) is 0 Å². The summed E-state index contributed by atoms with van der Waals surface area (Å²) in [6.07, 6.45) is 0.564. The summed E-state index contributed by atoms with van der Waals surface area (Å²) in [6, 6.07) is 0. The smallest absolute Gasteiger partial charge is 0.307 e. The Labute approximate surface area is 111 Å². The number of ketones is 1. The lowest BCUT2D eigenvalue weighted by molar-refractivity contribution is -0.143. The molecule has 1 aliphatic carbocycles. The van der Waals surface area contributed by atoms with Gasteiger partial charge in [-0.05, 0) is 19.3 Å². The lowest BCUT2D eigenvalue weighted by Crippen LogP contribution is -2.24. The lowest BCUT2D eigenvalue weighted by atomic mass is 9.94. The molecule has 0 bridgehead atoms. The van der Waals surface area contributed by atoms with E-state index in [0.29, 0.717) is 6.42 Å². The summed E-state index contributed by atoms with van der Waals surface area (Å²) in [5.74, 6) is -2.59. The summed E-state index contributed by atoms with van der Waals surface area (Å²) in [4.78, 5) is 22.6. The van der Waals surface area contributed by atoms with Gasteiger partial charge in [0.25, 0.3) is 10.1 Å². The molecule has 0 aromatic carbocycles. The van der Waals surface area contributed by atoms with Gasteiger partial charge >= 0.3 is 5.97 Å². The Hall–Kier alpha value is -0.600. The molecule has 1 rings (SSSR count). The molecule has 0 aromatic heterocycles. The van der Waals surface area contributed by atoms with Gasteiger partial charge in [0, 0.05) is 18.1 Å². The zero-order valence-electron chi connectivity index (χ0n) is 9.65. The first kappa shape index (κ1) is 15.5. The fraction of sp³-hybridized carbons (Fsp3) is 0.800. The first-order chi connectivity index (χ1) is 8.25. The molecule has 3 atom stereocenters. The third kappa shape index (κ3) is 3.96. The van der Waals surface area contributed by atoms with E-state index in [1.807, 2.05) is 0 Å². The summed E-state index contributed by atoms with van der Waals surface area (Å²) >= 11 is 3.87. The van der Waals surface area contributed by atoms with E-state index in [0.717, 1.165) is 0 Å². The third-order valence-electron chi connectivity index (χ3n) is 3.28. The van der Waals surface area contributed by atoms with Crippen LogP contribution in [-0.4, -0.2) is 40.8 Å². The highest BCUT2D eigenvalue weighted by Gasteiger charge is 2.37. The van der Waals surface area contributed by atoms with Crippen LogP contribution in [0.15, 0.2) is 0 Å². The van der Waals surface area contributed by atoms with E-state index in [1.165, 1.54) is 0 Å². The maximum absolute atomic E-state index is 11.8. The highest BCUT2D eigenvalue weighted by atomic mass is 32.2. The summed E-state index contributed by atoms with van der Waals surface area (Å²) in [7, 11) is -4.10. The van der Waals surface area contributed by atoms with Crippen LogP contribution < -0.4 is 0 Å². The van der Waals surface area contributed by atoms with Crippen molar-refractivity contribution in [3.8, 4) is 0 Å². The Balaban J connectivity index is 2.58. The van der Waals surface area contributed by atoms with E-state index < -0.39 is 33.2 Å². The third-order valence-corrected chi connectivity index (χ3v) is 4.99. The monoisotopic (exact) mass is 296 g/mol. The van der Waals surface area contributed by atoms with E-state index >= 15 is 0 Å². The molecule has 1 saturated carbocycles. The van der Waals surface area contributed by atoms with Crippen molar-refractivity contribution >= 4 is 34.5 Å². The van der Waals surface area contributed by atoms with Crippen molar-refractivity contribution in [1.82, 2.24) is 0 Å². The Morgan fingerprint density at radius 2 is 1.94 bits per heavy atom. The number of thiol groups is 1. The summed E-state index contributed by atoms with van der Waals surface area (Å²) < 4.78 is 30.7. The van der Waals surface area contributed by atoms with Crippen molar-refractivity contribution in [2.45, 2.75) is 30.9 Å². The van der Waals surface area contributed by atoms with Crippen molar-refractivity contribution in [3.05, 3.63) is 0 Å². The van der Waals surface area contributed by atoms with Gasteiger partial charge in [0.05, 0.1) is 11.2 Å². The minimum atomic E-state index is -4.10. The number of carboxylic acids is 1. The molecule has 6 nitrogen and oxygen atoms in total. The molecule has 0 aromatic rings. The number of carbonyl (C=O) groups excluding carboxylic acids is 1. The average molecular weight is 296 g/mol. The van der Waals surface area contributed by atoms with Gasteiger partial charge in [-0.2, -0.15) is 21.0 Å². The van der Waals surface area contributed by atoms with E-state index in [1.54, 1.807) is 0 Å². The number of aliphatic carboxylic acids is 1. The maximum Gasteiger partial charge on any atom is 0.307 e. The maximum atomic E-state index is 11.8. The summed E-state index contributed by atoms with van der Waals surface area (Å²) in [6.45, 7) is 0. The molecule has 0 spiro atoms. The zero-order valence-corrected chi connectivity index (χ0v) is 11.4. The van der Waals surface area contributed by atoms with Gasteiger partial charge in [-0.3, -0.25) is 14.1 Å². The van der Waals surface area contributed by atoms with Crippen LogP contribution in [0, 0.1) is 11.8 Å². The van der Waals surface area contributed by atoms with Crippen LogP contribution in [-0.2, 0) is 19.7 Å². The largest absolute Gasteiger partial charge is 0.481 e. The minimum Gasteiger partial charge on any atom is -0.481 e. The van der Waals surface area contributed by atoms with Gasteiger partial charge in [-0.15, -0.1) is 0 Å². The van der Waals surface area contributed by atoms with Crippen molar-refractivity contribution in [2.75, 3.05) is 5.75 Å². The SMILES string of the molecule is O=C(C[C@@H](CS)C(=O)O)C1CCC(S(=O)(=O)O)C1. The molecular formula is C10H16O6S2. The fourth-order valence-electron chi connectivity index (χ4n) is 2.14. The predicted molar refractivity (Wildman–Crippen MR) is 67.3 cm³/mol. The Kier molecular flexibility index (Phi) is 5.18. The number of rotatable bonds is 6. The van der Waals surface area contributed by atoms with Crippen LogP contribution in [0.1, 0.15) is 25.7 Å². The Morgan fingerprint density at radius 3 is 2.33 bits per heavy atom. The normalized spacial score (nSPS) is 25.9. The minimum absolute atomic E-state index is 0.0650. The molecule has 18 heavy (non-hydrogen) atoms. The molecule has 2 N–H and O–H groups in total. The molecular weight excluding hydrogens is 280 g/mol. The highest BCUT2D eigenvalue weighted by Crippen LogP contribution is 2.32. The fourth-order valence-corrected chi connectivity index (χ4v) is 3.34. The quantitative estimate of drug-likeness (QED) is 0.490. The Morgan fingerprint density at radius 1 is 1.33 bits per heavy atom. The molecule has 2 unspecified atom stereocenters. The first-order valence-electron chi connectivity index (χ1n) is 5.58. The van der Waals surface area contributed by atoms with Crippen molar-refractivity contribution in [1.29, 1.82) is 0 Å². The number of hydrogen-bond acceptors (Lipinski definition) is 5. The molecule has 0 aliphatic heterocycles. The molecule has 1 fully saturated rings. The predicted octanol–water partition coefficient (Wildman–Crippen LogP) is 0.633. The second-order valence-electron chi connectivity index (χ2n) is 4.54. The van der Waals surface area contributed by atoms with Crippen molar-refractivity contribution < 1.29 is 27.7 Å². The number of carbonyl (C=O) groups is 2. The topological polar surface area (TPSA) is 109 Å². The van der Waals surface area contributed by atoms with Crippen LogP contribution in [0.2, 0.25) is 0 Å². The first-order valence-corrected chi connectivity index (χ1v) is 7.72. The van der Waals surface area contributed by atoms with Gasteiger partial charge in [0.1, 0.15) is 5.78 Å². The standard InChI is InChI=1S/C10H16O6S2/c11-9(4-7(5-17)10(12)13)6-1-2-8(3-6)18(14,15)16/h6-8,17H,1-5H2,(H,12,13)(H,14,15,16)/t6?,7-,8?/m0/s1. The van der Waals surface area contributed by atoms with Gasteiger partial charge < -0.3 is 5.11 Å². The molecule has 1 aliphatic rings. The van der Waals surface area contributed by atoms with Crippen LogP contribution in [0.3, 0.4) is 0 Å². The molecule has 8 heteroatoms. The lowest BCUT2D eigenvalue weighted by Gasteiger charge is -2.12. The van der Waals surface area contributed by atoms with Crippen LogP contribution >= 0.6 is 12.6 Å². The molecule has 0 saturated heterocycles. The second-order valence-corrected chi connectivity index (χ2v) is 6.60. The molecule has 104 valence electrons.